The van der Waals surface area contributed by atoms with Gasteiger partial charge in [0.15, 0.2) is 11.5 Å². The summed E-state index contributed by atoms with van der Waals surface area (Å²) in [5, 5.41) is 12.9. The molecule has 1 aromatic heterocycles. The number of β-amino-alcohol motifs (C(OH)–C–C–N with tert-alkyl or cyclic N) is 1. The second-order valence-electron chi connectivity index (χ2n) is 7.68. The minimum Gasteiger partial charge on any atom is -0.493 e. The second-order valence-corrected chi connectivity index (χ2v) is 7.68. The van der Waals surface area contributed by atoms with Crippen molar-refractivity contribution < 1.29 is 19.4 Å². The lowest BCUT2D eigenvalue weighted by molar-refractivity contribution is 0.0885. The van der Waals surface area contributed by atoms with E-state index in [1.165, 1.54) is 4.57 Å². The highest BCUT2D eigenvalue weighted by atomic mass is 16.5. The van der Waals surface area contributed by atoms with Crippen LogP contribution in [0.15, 0.2) is 35.3 Å². The Hall–Kier alpha value is -2.84. The molecule has 8 heteroatoms. The van der Waals surface area contributed by atoms with Gasteiger partial charge >= 0.3 is 0 Å². The summed E-state index contributed by atoms with van der Waals surface area (Å²) in [4.78, 5) is 27.7. The van der Waals surface area contributed by atoms with Gasteiger partial charge in [-0.05, 0) is 49.7 Å². The first-order valence-electron chi connectivity index (χ1n) is 9.92. The summed E-state index contributed by atoms with van der Waals surface area (Å²) in [6.45, 7) is 3.20. The number of pyridine rings is 1. The number of likely N-dealkylation sites (tertiary alicyclic amines) is 1. The smallest absolute Gasteiger partial charge is 0.263 e. The number of amides is 1. The molecular weight excluding hydrogens is 386 g/mol. The molecule has 2 atom stereocenters. The zero-order valence-corrected chi connectivity index (χ0v) is 17.8. The number of hydrogen-bond donors (Lipinski definition) is 2. The molecule has 0 spiro atoms. The SMILES string of the molecule is COc1ccc(CCn2ccc(C)c(C(=O)N[C@@H]3CN(C)C[C@H]3O)c2=O)cc1OC. The number of carbonyl (C=O) groups excluding carboxylic acids is 1. The molecule has 1 saturated heterocycles. The maximum Gasteiger partial charge on any atom is 0.263 e. The van der Waals surface area contributed by atoms with Crippen LogP contribution in [0.1, 0.15) is 21.5 Å². The molecule has 1 aliphatic heterocycles. The maximum atomic E-state index is 13.0. The number of ether oxygens (including phenoxy) is 2. The molecule has 0 radical (unpaired) electrons. The fourth-order valence-corrected chi connectivity index (χ4v) is 3.76. The number of methoxy groups -OCH3 is 2. The highest BCUT2D eigenvalue weighted by Crippen LogP contribution is 2.27. The summed E-state index contributed by atoms with van der Waals surface area (Å²) in [5.74, 6) is 0.830. The van der Waals surface area contributed by atoms with Crippen molar-refractivity contribution in [2.24, 2.45) is 0 Å². The zero-order valence-electron chi connectivity index (χ0n) is 17.8. The predicted octanol–water partition coefficient (Wildman–Crippen LogP) is 0.821. The van der Waals surface area contributed by atoms with Gasteiger partial charge in [-0.1, -0.05) is 6.07 Å². The van der Waals surface area contributed by atoms with Gasteiger partial charge in [0.2, 0.25) is 0 Å². The summed E-state index contributed by atoms with van der Waals surface area (Å²) in [5.41, 5.74) is 1.38. The average molecular weight is 415 g/mol. The van der Waals surface area contributed by atoms with E-state index < -0.39 is 12.0 Å². The van der Waals surface area contributed by atoms with Crippen molar-refractivity contribution in [1.82, 2.24) is 14.8 Å². The molecule has 162 valence electrons. The molecule has 8 nitrogen and oxygen atoms in total. The van der Waals surface area contributed by atoms with E-state index in [0.717, 1.165) is 5.56 Å². The molecule has 0 bridgehead atoms. The van der Waals surface area contributed by atoms with Gasteiger partial charge in [0.25, 0.3) is 11.5 Å². The maximum absolute atomic E-state index is 13.0. The van der Waals surface area contributed by atoms with Crippen molar-refractivity contribution in [2.75, 3.05) is 34.4 Å². The van der Waals surface area contributed by atoms with Gasteiger partial charge in [0, 0.05) is 25.8 Å². The molecule has 1 fully saturated rings. The molecule has 2 N–H and O–H groups in total. The lowest BCUT2D eigenvalue weighted by Gasteiger charge is -2.17. The lowest BCUT2D eigenvalue weighted by atomic mass is 10.1. The minimum absolute atomic E-state index is 0.117. The quantitative estimate of drug-likeness (QED) is 0.696. The molecular formula is C22H29N3O5. The Morgan fingerprint density at radius 3 is 2.57 bits per heavy atom. The van der Waals surface area contributed by atoms with Crippen LogP contribution in [0.4, 0.5) is 0 Å². The Labute approximate surface area is 176 Å². The van der Waals surface area contributed by atoms with Gasteiger partial charge in [-0.3, -0.25) is 9.59 Å². The van der Waals surface area contributed by atoms with Crippen LogP contribution in [0.2, 0.25) is 0 Å². The van der Waals surface area contributed by atoms with E-state index in [1.807, 2.05) is 30.1 Å². The van der Waals surface area contributed by atoms with E-state index in [1.54, 1.807) is 33.4 Å². The van der Waals surface area contributed by atoms with E-state index >= 15 is 0 Å². The van der Waals surface area contributed by atoms with Crippen LogP contribution in [0.3, 0.4) is 0 Å². The molecule has 0 aliphatic carbocycles. The number of aromatic nitrogens is 1. The number of benzene rings is 1. The number of nitrogens with zero attached hydrogens (tertiary/aromatic N) is 2. The number of aliphatic hydroxyl groups is 1. The van der Waals surface area contributed by atoms with Gasteiger partial charge in [-0.25, -0.2) is 0 Å². The number of hydrogen-bond acceptors (Lipinski definition) is 6. The van der Waals surface area contributed by atoms with Crippen LogP contribution in [-0.4, -0.2) is 67.0 Å². The van der Waals surface area contributed by atoms with Crippen LogP contribution in [0, 0.1) is 6.92 Å². The van der Waals surface area contributed by atoms with Gasteiger partial charge in [0.05, 0.1) is 26.4 Å². The largest absolute Gasteiger partial charge is 0.493 e. The minimum atomic E-state index is -0.643. The lowest BCUT2D eigenvalue weighted by Crippen LogP contribution is -2.45. The number of aliphatic hydroxyl groups excluding tert-OH is 1. The summed E-state index contributed by atoms with van der Waals surface area (Å²) in [7, 11) is 5.04. The van der Waals surface area contributed by atoms with E-state index in [9.17, 15) is 14.7 Å². The Morgan fingerprint density at radius 1 is 1.20 bits per heavy atom. The predicted molar refractivity (Wildman–Crippen MR) is 113 cm³/mol. The van der Waals surface area contributed by atoms with Crippen molar-refractivity contribution in [3.05, 3.63) is 57.5 Å². The number of nitrogens with one attached hydrogen (secondary N) is 1. The number of aryl methyl sites for hydroxylation is 3. The molecule has 1 amide bonds. The van der Waals surface area contributed by atoms with Crippen LogP contribution in [-0.2, 0) is 13.0 Å². The zero-order chi connectivity index (χ0) is 21.8. The fourth-order valence-electron chi connectivity index (χ4n) is 3.76. The third-order valence-corrected chi connectivity index (χ3v) is 5.48. The first-order valence-corrected chi connectivity index (χ1v) is 9.92. The number of rotatable bonds is 7. The molecule has 30 heavy (non-hydrogen) atoms. The van der Waals surface area contributed by atoms with Crippen molar-refractivity contribution in [1.29, 1.82) is 0 Å². The number of carbonyl (C=O) groups is 1. The molecule has 0 unspecified atom stereocenters. The first kappa shape index (κ1) is 21.9. The standard InChI is InChI=1S/C22H29N3O5/c1-14-7-9-25(10-8-15-5-6-18(29-3)19(11-15)30-4)22(28)20(14)21(27)23-16-12-24(2)13-17(16)26/h5-7,9,11,16-17,26H,8,10,12-13H2,1-4H3,(H,23,27)/t16-,17-/m1/s1. The van der Waals surface area contributed by atoms with Crippen molar-refractivity contribution in [3.63, 3.8) is 0 Å². The average Bonchev–Trinajstić information content (AvgIpc) is 3.03. The van der Waals surface area contributed by atoms with Crippen molar-refractivity contribution in [3.8, 4) is 11.5 Å². The van der Waals surface area contributed by atoms with Crippen LogP contribution in [0.25, 0.3) is 0 Å². The third kappa shape index (κ3) is 4.66. The molecule has 2 aromatic rings. The van der Waals surface area contributed by atoms with Gasteiger partial charge < -0.3 is 29.4 Å². The summed E-state index contributed by atoms with van der Waals surface area (Å²) >= 11 is 0. The molecule has 2 heterocycles. The van der Waals surface area contributed by atoms with E-state index in [2.05, 4.69) is 5.32 Å². The third-order valence-electron chi connectivity index (χ3n) is 5.48. The molecule has 0 saturated carbocycles. The Balaban J connectivity index is 1.76. The van der Waals surface area contributed by atoms with E-state index in [0.29, 0.717) is 43.1 Å². The highest BCUT2D eigenvalue weighted by Gasteiger charge is 2.31. The van der Waals surface area contributed by atoms with Crippen LogP contribution < -0.4 is 20.3 Å². The molecule has 3 rings (SSSR count). The van der Waals surface area contributed by atoms with Crippen molar-refractivity contribution >= 4 is 5.91 Å². The first-order chi connectivity index (χ1) is 14.3. The van der Waals surface area contributed by atoms with E-state index in [4.69, 9.17) is 9.47 Å². The Bertz CT molecular complexity index is 972. The second kappa shape index (κ2) is 9.32. The molecule has 1 aliphatic rings. The van der Waals surface area contributed by atoms with Gasteiger partial charge in [0.1, 0.15) is 5.56 Å². The van der Waals surface area contributed by atoms with E-state index in [-0.39, 0.29) is 17.2 Å². The van der Waals surface area contributed by atoms with Gasteiger partial charge in [-0.15, -0.1) is 0 Å². The molecule has 1 aromatic carbocycles. The highest BCUT2D eigenvalue weighted by molar-refractivity contribution is 5.95. The fraction of sp³-hybridized carbons (Fsp3) is 0.455. The Kier molecular flexibility index (Phi) is 6.79. The topological polar surface area (TPSA) is 93.0 Å². The summed E-state index contributed by atoms with van der Waals surface area (Å²) in [6.07, 6.45) is 1.65. The van der Waals surface area contributed by atoms with Crippen LogP contribution in [0.5, 0.6) is 11.5 Å². The van der Waals surface area contributed by atoms with Crippen LogP contribution >= 0.6 is 0 Å². The summed E-state index contributed by atoms with van der Waals surface area (Å²) < 4.78 is 12.1. The normalized spacial score (nSPS) is 19.0. The van der Waals surface area contributed by atoms with Gasteiger partial charge in [-0.2, -0.15) is 0 Å². The summed E-state index contributed by atoms with van der Waals surface area (Å²) in [6, 6.07) is 7.01. The van der Waals surface area contributed by atoms with Crippen molar-refractivity contribution in [2.45, 2.75) is 32.0 Å². The Morgan fingerprint density at radius 2 is 1.93 bits per heavy atom. The number of likely N-dealkylation sites (N-methyl/N-ethyl adjacent to an activating group) is 1. The monoisotopic (exact) mass is 415 g/mol.